The molecule has 0 amide bonds. The van der Waals surface area contributed by atoms with Gasteiger partial charge in [0.1, 0.15) is 11.6 Å². The molecule has 1 aromatic carbocycles. The average molecular weight is 286 g/mol. The van der Waals surface area contributed by atoms with Gasteiger partial charge in [-0.05, 0) is 36.2 Å². The summed E-state index contributed by atoms with van der Waals surface area (Å²) in [6.07, 6.45) is 1.78. The Morgan fingerprint density at radius 3 is 2.67 bits per heavy atom. The lowest BCUT2D eigenvalue weighted by molar-refractivity contribution is 0.415. The lowest BCUT2D eigenvalue weighted by Crippen LogP contribution is -2.01. The van der Waals surface area contributed by atoms with Gasteiger partial charge in [0.25, 0.3) is 0 Å². The first-order valence-electron chi connectivity index (χ1n) is 5.61. The lowest BCUT2D eigenvalue weighted by atomic mass is 10.2. The van der Waals surface area contributed by atoms with Gasteiger partial charge in [-0.25, -0.2) is 0 Å². The van der Waals surface area contributed by atoms with Crippen molar-refractivity contribution >= 4 is 23.2 Å². The number of hydrogen-bond acceptors (Lipinski definition) is 3. The second-order valence-electron chi connectivity index (χ2n) is 3.79. The van der Waals surface area contributed by atoms with E-state index in [4.69, 9.17) is 27.9 Å². The highest BCUT2D eigenvalue weighted by Gasteiger charge is 2.12. The van der Waals surface area contributed by atoms with Crippen LogP contribution in [-0.2, 0) is 6.42 Å². The topological polar surface area (TPSA) is 39.9 Å². The van der Waals surface area contributed by atoms with E-state index in [2.05, 4.69) is 17.1 Å². The van der Waals surface area contributed by atoms with Gasteiger partial charge in [0.2, 0.25) is 5.28 Å². The third kappa shape index (κ3) is 2.44. The van der Waals surface area contributed by atoms with Gasteiger partial charge in [0.05, 0.1) is 17.8 Å². The number of nitrogens with zero attached hydrogens (tertiary/aromatic N) is 3. The summed E-state index contributed by atoms with van der Waals surface area (Å²) in [6, 6.07) is 5.46. The van der Waals surface area contributed by atoms with Crippen LogP contribution in [0.1, 0.15) is 19.2 Å². The molecule has 0 aliphatic carbocycles. The van der Waals surface area contributed by atoms with Crippen LogP contribution < -0.4 is 4.74 Å². The van der Waals surface area contributed by atoms with Crippen molar-refractivity contribution in [2.75, 3.05) is 7.11 Å². The summed E-state index contributed by atoms with van der Waals surface area (Å²) in [6.45, 7) is 2.08. The second kappa shape index (κ2) is 5.59. The Bertz CT molecular complexity index is 554. The van der Waals surface area contributed by atoms with E-state index in [0.717, 1.165) is 24.4 Å². The molecule has 0 unspecified atom stereocenters. The third-order valence-electron chi connectivity index (χ3n) is 2.56. The van der Waals surface area contributed by atoms with E-state index < -0.39 is 0 Å². The minimum atomic E-state index is 0.333. The molecule has 2 rings (SSSR count). The molecule has 6 heteroatoms. The summed E-state index contributed by atoms with van der Waals surface area (Å²) in [7, 11) is 1.58. The first-order chi connectivity index (χ1) is 8.67. The summed E-state index contributed by atoms with van der Waals surface area (Å²) in [4.78, 5) is 0. The van der Waals surface area contributed by atoms with Crippen molar-refractivity contribution in [1.82, 2.24) is 14.8 Å². The highest BCUT2D eigenvalue weighted by molar-refractivity contribution is 6.32. The maximum absolute atomic E-state index is 6.11. The summed E-state index contributed by atoms with van der Waals surface area (Å²) >= 11 is 12.2. The summed E-state index contributed by atoms with van der Waals surface area (Å²) < 4.78 is 6.91. The van der Waals surface area contributed by atoms with Crippen LogP contribution in [0.15, 0.2) is 18.2 Å². The number of methoxy groups -OCH3 is 1. The van der Waals surface area contributed by atoms with Crippen molar-refractivity contribution in [1.29, 1.82) is 0 Å². The first-order valence-corrected chi connectivity index (χ1v) is 6.36. The molecule has 0 saturated heterocycles. The summed E-state index contributed by atoms with van der Waals surface area (Å²) in [5.74, 6) is 1.45. The predicted molar refractivity (Wildman–Crippen MR) is 71.9 cm³/mol. The molecule has 4 nitrogen and oxygen atoms in total. The van der Waals surface area contributed by atoms with Crippen LogP contribution >= 0.6 is 23.2 Å². The maximum atomic E-state index is 6.11. The van der Waals surface area contributed by atoms with Crippen LogP contribution in [0, 0.1) is 0 Å². The van der Waals surface area contributed by atoms with Crippen LogP contribution in [0.25, 0.3) is 5.69 Å². The number of hydrogen-bond donors (Lipinski definition) is 0. The molecular weight excluding hydrogens is 273 g/mol. The minimum absolute atomic E-state index is 0.333. The van der Waals surface area contributed by atoms with Crippen LogP contribution in [0.3, 0.4) is 0 Å². The van der Waals surface area contributed by atoms with E-state index in [9.17, 15) is 0 Å². The number of halogens is 2. The van der Waals surface area contributed by atoms with Gasteiger partial charge in [-0.15, -0.1) is 10.2 Å². The Morgan fingerprint density at radius 2 is 2.06 bits per heavy atom. The molecule has 0 radical (unpaired) electrons. The molecule has 0 spiro atoms. The van der Waals surface area contributed by atoms with Crippen molar-refractivity contribution in [2.24, 2.45) is 0 Å². The number of benzene rings is 1. The van der Waals surface area contributed by atoms with E-state index in [1.54, 1.807) is 23.8 Å². The standard InChI is InChI=1S/C12H13Cl2N3O/c1-3-4-11-15-16-12(14)17(11)8-5-6-10(18-2)9(13)7-8/h5-7H,3-4H2,1-2H3. The van der Waals surface area contributed by atoms with Crippen molar-refractivity contribution in [3.05, 3.63) is 34.3 Å². The SMILES string of the molecule is CCCc1nnc(Cl)n1-c1ccc(OC)c(Cl)c1. The van der Waals surface area contributed by atoms with E-state index in [1.807, 2.05) is 6.07 Å². The molecule has 96 valence electrons. The molecule has 0 aliphatic heterocycles. The predicted octanol–water partition coefficient (Wildman–Crippen LogP) is 3.54. The van der Waals surface area contributed by atoms with Crippen molar-refractivity contribution < 1.29 is 4.74 Å². The Labute approximate surface area is 115 Å². The van der Waals surface area contributed by atoms with Gasteiger partial charge in [0, 0.05) is 6.42 Å². The molecule has 1 heterocycles. The summed E-state index contributed by atoms with van der Waals surface area (Å²) in [5, 5.41) is 8.81. The van der Waals surface area contributed by atoms with Gasteiger partial charge < -0.3 is 4.74 Å². The van der Waals surface area contributed by atoms with Crippen LogP contribution in [0.2, 0.25) is 10.3 Å². The highest BCUT2D eigenvalue weighted by Crippen LogP contribution is 2.28. The largest absolute Gasteiger partial charge is 0.495 e. The van der Waals surface area contributed by atoms with Gasteiger partial charge in [0.15, 0.2) is 0 Å². The second-order valence-corrected chi connectivity index (χ2v) is 4.53. The number of aryl methyl sites for hydroxylation is 1. The molecule has 1 aromatic heterocycles. The molecule has 0 atom stereocenters. The molecule has 18 heavy (non-hydrogen) atoms. The number of ether oxygens (including phenoxy) is 1. The molecule has 0 N–H and O–H groups in total. The molecular formula is C12H13Cl2N3O. The smallest absolute Gasteiger partial charge is 0.229 e. The van der Waals surface area contributed by atoms with Crippen molar-refractivity contribution in [3.8, 4) is 11.4 Å². The van der Waals surface area contributed by atoms with E-state index in [0.29, 0.717) is 16.1 Å². The molecule has 0 aliphatic rings. The minimum Gasteiger partial charge on any atom is -0.495 e. The fraction of sp³-hybridized carbons (Fsp3) is 0.333. The molecule has 0 saturated carbocycles. The fourth-order valence-electron chi connectivity index (χ4n) is 1.73. The molecule has 2 aromatic rings. The third-order valence-corrected chi connectivity index (χ3v) is 3.10. The number of aromatic nitrogens is 3. The average Bonchev–Trinajstić information content (AvgIpc) is 2.71. The normalized spacial score (nSPS) is 10.7. The van der Waals surface area contributed by atoms with E-state index >= 15 is 0 Å². The van der Waals surface area contributed by atoms with Crippen LogP contribution in [-0.4, -0.2) is 21.9 Å². The Balaban J connectivity index is 2.48. The molecule has 0 bridgehead atoms. The fourth-order valence-corrected chi connectivity index (χ4v) is 2.22. The zero-order valence-corrected chi connectivity index (χ0v) is 11.7. The van der Waals surface area contributed by atoms with Gasteiger partial charge in [-0.2, -0.15) is 0 Å². The maximum Gasteiger partial charge on any atom is 0.229 e. The van der Waals surface area contributed by atoms with Crippen molar-refractivity contribution in [3.63, 3.8) is 0 Å². The van der Waals surface area contributed by atoms with Crippen LogP contribution in [0.5, 0.6) is 5.75 Å². The zero-order valence-electron chi connectivity index (χ0n) is 10.2. The first kappa shape index (κ1) is 13.2. The lowest BCUT2D eigenvalue weighted by Gasteiger charge is -2.09. The zero-order chi connectivity index (χ0) is 13.1. The Morgan fingerprint density at radius 1 is 1.28 bits per heavy atom. The van der Waals surface area contributed by atoms with Crippen LogP contribution in [0.4, 0.5) is 0 Å². The van der Waals surface area contributed by atoms with Gasteiger partial charge >= 0.3 is 0 Å². The van der Waals surface area contributed by atoms with E-state index in [-0.39, 0.29) is 0 Å². The van der Waals surface area contributed by atoms with Gasteiger partial charge in [-0.3, -0.25) is 4.57 Å². The summed E-state index contributed by atoms with van der Waals surface area (Å²) in [5.41, 5.74) is 0.833. The Kier molecular flexibility index (Phi) is 4.09. The Hall–Kier alpha value is -1.26. The highest BCUT2D eigenvalue weighted by atomic mass is 35.5. The monoisotopic (exact) mass is 285 g/mol. The number of rotatable bonds is 4. The van der Waals surface area contributed by atoms with E-state index in [1.165, 1.54) is 0 Å². The quantitative estimate of drug-likeness (QED) is 0.863. The molecule has 0 fully saturated rings. The van der Waals surface area contributed by atoms with Gasteiger partial charge in [-0.1, -0.05) is 18.5 Å². The van der Waals surface area contributed by atoms with Crippen molar-refractivity contribution in [2.45, 2.75) is 19.8 Å².